The van der Waals surface area contributed by atoms with Crippen LogP contribution in [0.5, 0.6) is 0 Å². The van der Waals surface area contributed by atoms with Crippen molar-refractivity contribution in [2.75, 3.05) is 0 Å². The smallest absolute Gasteiger partial charge is 0.0538 e. The maximum absolute atomic E-state index is 2.60. The van der Waals surface area contributed by atoms with Gasteiger partial charge in [0.25, 0.3) is 0 Å². The average Bonchev–Trinajstić information content (AvgIpc) is 3.61. The summed E-state index contributed by atoms with van der Waals surface area (Å²) in [6.07, 6.45) is 32.2. The van der Waals surface area contributed by atoms with E-state index in [0.29, 0.717) is 0 Å². The maximum Gasteiger partial charge on any atom is 0.0538 e. The van der Waals surface area contributed by atoms with Gasteiger partial charge in [-0.3, -0.25) is 0 Å². The molecule has 0 unspecified atom stereocenters. The number of fused-ring (bicyclic) bond motifs is 6. The van der Waals surface area contributed by atoms with Gasteiger partial charge in [0.2, 0.25) is 0 Å². The lowest BCUT2D eigenvalue weighted by atomic mass is 9.93. The van der Waals surface area contributed by atoms with Gasteiger partial charge < -0.3 is 9.13 Å². The summed E-state index contributed by atoms with van der Waals surface area (Å²) >= 11 is 0. The summed E-state index contributed by atoms with van der Waals surface area (Å²) < 4.78 is 5.07. The Kier molecular flexibility index (Phi) is 6.07. The van der Waals surface area contributed by atoms with Crippen molar-refractivity contribution >= 4 is 50.2 Å². The van der Waals surface area contributed by atoms with Gasteiger partial charge >= 0.3 is 0 Å². The molecule has 214 valence electrons. The molecule has 2 heterocycles. The van der Waals surface area contributed by atoms with E-state index in [2.05, 4.69) is 131 Å². The highest BCUT2D eigenvalue weighted by atomic mass is 15.0. The number of hydrogen-bond acceptors (Lipinski definition) is 0. The lowest BCUT2D eigenvalue weighted by Crippen LogP contribution is -2.07. The van der Waals surface area contributed by atoms with Crippen molar-refractivity contribution in [3.63, 3.8) is 0 Å². The largest absolute Gasteiger partial charge is 0.317 e. The number of allylic oxidation sites excluding steroid dienone is 13. The van der Waals surface area contributed by atoms with Crippen LogP contribution >= 0.6 is 0 Å². The van der Waals surface area contributed by atoms with Crippen LogP contribution in [-0.4, -0.2) is 9.13 Å². The Morgan fingerprint density at radius 3 is 2.11 bits per heavy atom. The Bertz CT molecular complexity index is 2210. The van der Waals surface area contributed by atoms with Crippen LogP contribution in [0.25, 0.3) is 61.3 Å². The first kappa shape index (κ1) is 25.7. The van der Waals surface area contributed by atoms with Gasteiger partial charge in [0.15, 0.2) is 0 Å². The standard InChI is InChI=1S/C42H36N2/c1-3-12-29(13-4-1)30-14-11-17-34(26-30)44-40-21-10-8-19-36(40)38-28-32(23-25-42(38)44)31-22-24-41-37(27-31)35-18-7-9-20-39(35)43(41)33-15-5-2-6-16-33/h2-3,5,7-9,12-15,18-20,22-28H,1,4,6,10-11,16-17,21H2. The lowest BCUT2D eigenvalue weighted by Gasteiger charge is -2.21. The van der Waals surface area contributed by atoms with Crippen LogP contribution in [0.1, 0.15) is 56.2 Å². The van der Waals surface area contributed by atoms with Crippen LogP contribution in [0.3, 0.4) is 0 Å². The van der Waals surface area contributed by atoms with E-state index in [-0.39, 0.29) is 0 Å². The summed E-state index contributed by atoms with van der Waals surface area (Å²) in [4.78, 5) is 0. The van der Waals surface area contributed by atoms with E-state index in [0.717, 1.165) is 51.4 Å². The molecule has 4 aliphatic carbocycles. The molecular weight excluding hydrogens is 532 g/mol. The zero-order valence-corrected chi connectivity index (χ0v) is 25.1. The summed E-state index contributed by atoms with van der Waals surface area (Å²) in [6.45, 7) is 0. The molecule has 2 nitrogen and oxygen atoms in total. The SMILES string of the molecule is C1=CCCC(n2c3ccccc3c3cc(-c4ccc5c(c4)c4c(n5C5=CC(C6=CCCC=C6)=CCC5)CCC=C4)ccc32)=C1. The third-order valence-electron chi connectivity index (χ3n) is 9.93. The topological polar surface area (TPSA) is 9.86 Å². The summed E-state index contributed by atoms with van der Waals surface area (Å²) in [5.74, 6) is 0. The fraction of sp³-hybridized carbons (Fsp3) is 0.190. The van der Waals surface area contributed by atoms with Crippen molar-refractivity contribution < 1.29 is 0 Å². The molecule has 9 rings (SSSR count). The van der Waals surface area contributed by atoms with Gasteiger partial charge in [-0.25, -0.2) is 0 Å². The first-order valence-corrected chi connectivity index (χ1v) is 16.4. The maximum atomic E-state index is 2.60. The fourth-order valence-electron chi connectivity index (χ4n) is 7.86. The Hall–Kier alpha value is -4.82. The molecule has 44 heavy (non-hydrogen) atoms. The molecule has 0 amide bonds. The third-order valence-corrected chi connectivity index (χ3v) is 9.93. The number of aromatic nitrogens is 2. The van der Waals surface area contributed by atoms with Crippen molar-refractivity contribution in [1.29, 1.82) is 0 Å². The summed E-state index contributed by atoms with van der Waals surface area (Å²) in [5, 5.41) is 4.01. The van der Waals surface area contributed by atoms with E-state index in [9.17, 15) is 0 Å². The van der Waals surface area contributed by atoms with Crippen molar-refractivity contribution in [3.8, 4) is 11.1 Å². The monoisotopic (exact) mass is 568 g/mol. The van der Waals surface area contributed by atoms with E-state index in [1.165, 1.54) is 77.6 Å². The van der Waals surface area contributed by atoms with Crippen molar-refractivity contribution in [1.82, 2.24) is 9.13 Å². The van der Waals surface area contributed by atoms with Gasteiger partial charge in [-0.15, -0.1) is 0 Å². The number of nitrogens with zero attached hydrogens (tertiary/aromatic N) is 2. The van der Waals surface area contributed by atoms with Crippen LogP contribution < -0.4 is 0 Å². The van der Waals surface area contributed by atoms with Gasteiger partial charge in [0.1, 0.15) is 0 Å². The molecular formula is C42H36N2. The van der Waals surface area contributed by atoms with Crippen LogP contribution in [-0.2, 0) is 6.42 Å². The molecule has 0 bridgehead atoms. The quantitative estimate of drug-likeness (QED) is 0.204. The first-order valence-electron chi connectivity index (χ1n) is 16.4. The second-order valence-corrected chi connectivity index (χ2v) is 12.6. The van der Waals surface area contributed by atoms with Crippen molar-refractivity contribution in [2.24, 2.45) is 0 Å². The van der Waals surface area contributed by atoms with E-state index < -0.39 is 0 Å². The van der Waals surface area contributed by atoms with Crippen LogP contribution in [0.2, 0.25) is 0 Å². The molecule has 5 aromatic rings. The molecule has 0 fully saturated rings. The van der Waals surface area contributed by atoms with E-state index in [1.807, 2.05) is 0 Å². The number of hydrogen-bond donors (Lipinski definition) is 0. The Balaban J connectivity index is 1.18. The minimum Gasteiger partial charge on any atom is -0.317 e. The van der Waals surface area contributed by atoms with Gasteiger partial charge in [-0.05, 0) is 116 Å². The second-order valence-electron chi connectivity index (χ2n) is 12.6. The van der Waals surface area contributed by atoms with Crippen molar-refractivity contribution in [3.05, 3.63) is 138 Å². The Morgan fingerprint density at radius 1 is 0.523 bits per heavy atom. The molecule has 0 saturated carbocycles. The molecule has 2 aromatic heterocycles. The lowest BCUT2D eigenvalue weighted by molar-refractivity contribution is 0.860. The first-order chi connectivity index (χ1) is 21.8. The molecule has 4 aliphatic rings. The number of rotatable bonds is 4. The molecule has 3 aromatic carbocycles. The van der Waals surface area contributed by atoms with Gasteiger partial charge in [-0.2, -0.15) is 0 Å². The molecule has 0 N–H and O–H groups in total. The van der Waals surface area contributed by atoms with E-state index >= 15 is 0 Å². The predicted octanol–water partition coefficient (Wildman–Crippen LogP) is 11.4. The van der Waals surface area contributed by atoms with Crippen LogP contribution in [0, 0.1) is 0 Å². The minimum absolute atomic E-state index is 1.07. The zero-order chi connectivity index (χ0) is 29.0. The number of para-hydroxylation sites is 1. The van der Waals surface area contributed by atoms with E-state index in [4.69, 9.17) is 0 Å². The predicted molar refractivity (Wildman–Crippen MR) is 188 cm³/mol. The second kappa shape index (κ2) is 10.4. The molecule has 0 aliphatic heterocycles. The molecule has 0 atom stereocenters. The molecule has 0 saturated heterocycles. The fourth-order valence-corrected chi connectivity index (χ4v) is 7.86. The summed E-state index contributed by atoms with van der Waals surface area (Å²) in [7, 11) is 0. The van der Waals surface area contributed by atoms with Crippen LogP contribution in [0.4, 0.5) is 0 Å². The van der Waals surface area contributed by atoms with Gasteiger partial charge in [0.05, 0.1) is 16.6 Å². The van der Waals surface area contributed by atoms with Gasteiger partial charge in [-0.1, -0.05) is 78.9 Å². The Labute approximate surface area is 259 Å². The normalized spacial score (nSPS) is 18.0. The van der Waals surface area contributed by atoms with Gasteiger partial charge in [0, 0.05) is 38.8 Å². The van der Waals surface area contributed by atoms with Crippen molar-refractivity contribution in [2.45, 2.75) is 51.4 Å². The van der Waals surface area contributed by atoms with E-state index in [1.54, 1.807) is 0 Å². The highest BCUT2D eigenvalue weighted by Gasteiger charge is 2.22. The average molecular weight is 569 g/mol. The highest BCUT2D eigenvalue weighted by molar-refractivity contribution is 6.11. The highest BCUT2D eigenvalue weighted by Crippen LogP contribution is 2.41. The third kappa shape index (κ3) is 4.08. The minimum atomic E-state index is 1.07. The molecule has 2 heteroatoms. The summed E-state index contributed by atoms with van der Waals surface area (Å²) in [6, 6.07) is 23.1. The molecule has 0 radical (unpaired) electrons. The Morgan fingerprint density at radius 2 is 1.27 bits per heavy atom. The molecule has 0 spiro atoms. The van der Waals surface area contributed by atoms with Crippen LogP contribution in [0.15, 0.2) is 126 Å². The summed E-state index contributed by atoms with van der Waals surface area (Å²) in [5.41, 5.74) is 14.9. The number of benzene rings is 3. The zero-order valence-electron chi connectivity index (χ0n) is 25.1.